The summed E-state index contributed by atoms with van der Waals surface area (Å²) in [5.74, 6) is 1.91. The molecule has 2 aliphatic rings. The largest absolute Gasteiger partial charge is 0.317 e. The first-order valence-corrected chi connectivity index (χ1v) is 10.3. The number of hydrogen-bond acceptors (Lipinski definition) is 3. The number of aromatic nitrogens is 2. The predicted molar refractivity (Wildman–Crippen MR) is 121 cm³/mol. The van der Waals surface area contributed by atoms with Gasteiger partial charge in [-0.15, -0.1) is 24.8 Å². The molecule has 0 radical (unpaired) electrons. The topological polar surface area (TPSA) is 33.1 Å². The van der Waals surface area contributed by atoms with E-state index in [-0.39, 0.29) is 24.8 Å². The summed E-state index contributed by atoms with van der Waals surface area (Å²) in [4.78, 5) is 2.64. The molecule has 0 unspecified atom stereocenters. The van der Waals surface area contributed by atoms with E-state index in [1.54, 1.807) is 0 Å². The van der Waals surface area contributed by atoms with Gasteiger partial charge in [-0.2, -0.15) is 5.10 Å². The van der Waals surface area contributed by atoms with Crippen molar-refractivity contribution in [2.45, 2.75) is 46.1 Å². The van der Waals surface area contributed by atoms with Crippen LogP contribution in [0.1, 0.15) is 42.6 Å². The average molecular weight is 425 g/mol. The van der Waals surface area contributed by atoms with Crippen molar-refractivity contribution in [1.29, 1.82) is 0 Å². The molecule has 2 fully saturated rings. The first-order valence-electron chi connectivity index (χ1n) is 10.3. The first kappa shape index (κ1) is 23.2. The Balaban J connectivity index is 0.00000140. The van der Waals surface area contributed by atoms with Gasteiger partial charge in [-0.05, 0) is 89.7 Å². The van der Waals surface area contributed by atoms with Gasteiger partial charge >= 0.3 is 0 Å². The van der Waals surface area contributed by atoms with Crippen LogP contribution in [0.2, 0.25) is 0 Å². The van der Waals surface area contributed by atoms with Crippen molar-refractivity contribution < 1.29 is 0 Å². The zero-order chi connectivity index (χ0) is 17.9. The molecule has 3 heterocycles. The zero-order valence-corrected chi connectivity index (χ0v) is 18.7. The third-order valence-electron chi connectivity index (χ3n) is 6.51. The highest BCUT2D eigenvalue weighted by molar-refractivity contribution is 5.85. The van der Waals surface area contributed by atoms with Crippen LogP contribution < -0.4 is 5.32 Å². The number of aryl methyl sites for hydroxylation is 1. The lowest BCUT2D eigenvalue weighted by Gasteiger charge is -2.37. The Morgan fingerprint density at radius 2 is 1.54 bits per heavy atom. The van der Waals surface area contributed by atoms with Crippen molar-refractivity contribution in [2.24, 2.45) is 11.8 Å². The van der Waals surface area contributed by atoms with Gasteiger partial charge in [0.2, 0.25) is 0 Å². The maximum absolute atomic E-state index is 4.82. The van der Waals surface area contributed by atoms with Gasteiger partial charge in [-0.3, -0.25) is 4.90 Å². The van der Waals surface area contributed by atoms with Crippen LogP contribution >= 0.6 is 24.8 Å². The Labute approximate surface area is 181 Å². The number of nitrogens with zero attached hydrogens (tertiary/aromatic N) is 3. The van der Waals surface area contributed by atoms with Gasteiger partial charge in [0.05, 0.1) is 11.4 Å². The third kappa shape index (κ3) is 5.10. The second kappa shape index (κ2) is 10.6. The highest BCUT2D eigenvalue weighted by atomic mass is 35.5. The average Bonchev–Trinajstić information content (AvgIpc) is 2.98. The van der Waals surface area contributed by atoms with Gasteiger partial charge < -0.3 is 5.32 Å². The van der Waals surface area contributed by atoms with Crippen LogP contribution in [0.4, 0.5) is 0 Å². The van der Waals surface area contributed by atoms with Crippen molar-refractivity contribution in [3.63, 3.8) is 0 Å². The molecule has 2 saturated heterocycles. The van der Waals surface area contributed by atoms with Gasteiger partial charge in [0, 0.05) is 17.8 Å². The molecule has 0 aliphatic carbocycles. The van der Waals surface area contributed by atoms with Crippen molar-refractivity contribution in [3.05, 3.63) is 47.3 Å². The third-order valence-corrected chi connectivity index (χ3v) is 6.51. The molecular formula is C22H34Cl2N4. The van der Waals surface area contributed by atoms with E-state index in [0.29, 0.717) is 0 Å². The maximum atomic E-state index is 4.82. The number of para-hydroxylation sites is 1. The molecule has 2 aliphatic heterocycles. The molecule has 156 valence electrons. The van der Waals surface area contributed by atoms with Crippen LogP contribution in [-0.4, -0.2) is 40.9 Å². The minimum absolute atomic E-state index is 0. The molecule has 0 atom stereocenters. The fraction of sp³-hybridized carbons (Fsp3) is 0.591. The van der Waals surface area contributed by atoms with Gasteiger partial charge in [-0.1, -0.05) is 18.2 Å². The summed E-state index contributed by atoms with van der Waals surface area (Å²) < 4.78 is 2.10. The van der Waals surface area contributed by atoms with E-state index in [0.717, 1.165) is 24.1 Å². The van der Waals surface area contributed by atoms with Crippen molar-refractivity contribution >= 4 is 24.8 Å². The van der Waals surface area contributed by atoms with E-state index in [4.69, 9.17) is 5.10 Å². The quantitative estimate of drug-likeness (QED) is 0.781. The number of likely N-dealkylation sites (tertiary alicyclic amines) is 1. The van der Waals surface area contributed by atoms with E-state index in [1.165, 1.54) is 68.8 Å². The summed E-state index contributed by atoms with van der Waals surface area (Å²) in [5, 5.41) is 8.32. The van der Waals surface area contributed by atoms with E-state index >= 15 is 0 Å². The molecule has 0 spiro atoms. The SMILES string of the molecule is Cc1nn(-c2ccccc2)c(C)c1CN1CCC(C2CCNCC2)CC1.Cl.Cl. The van der Waals surface area contributed by atoms with Gasteiger partial charge in [-0.25, -0.2) is 4.68 Å². The van der Waals surface area contributed by atoms with Crippen LogP contribution in [0.25, 0.3) is 5.69 Å². The minimum Gasteiger partial charge on any atom is -0.317 e. The van der Waals surface area contributed by atoms with Crippen molar-refractivity contribution in [2.75, 3.05) is 26.2 Å². The number of benzene rings is 1. The summed E-state index contributed by atoms with van der Waals surface area (Å²) in [6.45, 7) is 10.3. The number of rotatable bonds is 4. The van der Waals surface area contributed by atoms with E-state index < -0.39 is 0 Å². The Kier molecular flexibility index (Phi) is 8.81. The summed E-state index contributed by atoms with van der Waals surface area (Å²) in [7, 11) is 0. The normalized spacial score (nSPS) is 19.1. The molecule has 0 amide bonds. The molecule has 4 nitrogen and oxygen atoms in total. The fourth-order valence-electron chi connectivity index (χ4n) is 4.85. The van der Waals surface area contributed by atoms with Crippen LogP contribution in [-0.2, 0) is 6.54 Å². The first-order chi connectivity index (χ1) is 12.7. The Hall–Kier alpha value is -1.07. The number of halogens is 2. The number of piperidine rings is 2. The molecule has 1 N–H and O–H groups in total. The zero-order valence-electron chi connectivity index (χ0n) is 17.1. The molecule has 4 rings (SSSR count). The van der Waals surface area contributed by atoms with Crippen LogP contribution in [0.5, 0.6) is 0 Å². The lowest BCUT2D eigenvalue weighted by atomic mass is 9.79. The van der Waals surface area contributed by atoms with Crippen molar-refractivity contribution in [1.82, 2.24) is 20.0 Å². The van der Waals surface area contributed by atoms with Gasteiger partial charge in [0.25, 0.3) is 0 Å². The summed E-state index contributed by atoms with van der Waals surface area (Å²) in [5.41, 5.74) is 5.03. The molecule has 0 bridgehead atoms. The Morgan fingerprint density at radius 1 is 0.929 bits per heavy atom. The Bertz CT molecular complexity index is 718. The molecule has 2 aromatic rings. The lowest BCUT2D eigenvalue weighted by molar-refractivity contribution is 0.125. The van der Waals surface area contributed by atoms with Crippen molar-refractivity contribution in [3.8, 4) is 5.69 Å². The molecule has 1 aromatic heterocycles. The van der Waals surface area contributed by atoms with E-state index in [1.807, 2.05) is 0 Å². The lowest BCUT2D eigenvalue weighted by Crippen LogP contribution is -2.39. The second-order valence-corrected chi connectivity index (χ2v) is 8.10. The maximum Gasteiger partial charge on any atom is 0.0648 e. The second-order valence-electron chi connectivity index (χ2n) is 8.10. The van der Waals surface area contributed by atoms with Crippen LogP contribution in [0.3, 0.4) is 0 Å². The van der Waals surface area contributed by atoms with E-state index in [9.17, 15) is 0 Å². The summed E-state index contributed by atoms with van der Waals surface area (Å²) >= 11 is 0. The molecule has 0 saturated carbocycles. The van der Waals surface area contributed by atoms with E-state index in [2.05, 4.69) is 59.1 Å². The van der Waals surface area contributed by atoms with Crippen LogP contribution in [0, 0.1) is 25.7 Å². The van der Waals surface area contributed by atoms with Gasteiger partial charge in [0.1, 0.15) is 0 Å². The monoisotopic (exact) mass is 424 g/mol. The highest BCUT2D eigenvalue weighted by Gasteiger charge is 2.28. The number of nitrogens with one attached hydrogen (secondary N) is 1. The molecular weight excluding hydrogens is 391 g/mol. The minimum atomic E-state index is 0. The van der Waals surface area contributed by atoms with Gasteiger partial charge in [0.15, 0.2) is 0 Å². The molecule has 6 heteroatoms. The predicted octanol–water partition coefficient (Wildman–Crippen LogP) is 4.54. The fourth-order valence-corrected chi connectivity index (χ4v) is 4.85. The standard InChI is InChI=1S/C22H32N4.2ClH/c1-17-22(18(2)26(24-17)21-6-4-3-5-7-21)16-25-14-10-20(11-15-25)19-8-12-23-13-9-19;;/h3-7,19-20,23H,8-16H2,1-2H3;2*1H. The Morgan fingerprint density at radius 3 is 2.18 bits per heavy atom. The number of hydrogen-bond donors (Lipinski definition) is 1. The smallest absolute Gasteiger partial charge is 0.0648 e. The van der Waals surface area contributed by atoms with Crippen LogP contribution in [0.15, 0.2) is 30.3 Å². The molecule has 1 aromatic carbocycles. The highest BCUT2D eigenvalue weighted by Crippen LogP contribution is 2.31. The summed E-state index contributed by atoms with van der Waals surface area (Å²) in [6, 6.07) is 10.5. The molecule has 28 heavy (non-hydrogen) atoms. The summed E-state index contributed by atoms with van der Waals surface area (Å²) in [6.07, 6.45) is 5.50.